The van der Waals surface area contributed by atoms with Crippen LogP contribution in [0.25, 0.3) is 11.4 Å². The number of pyridine rings is 1. The number of hydrogen-bond donors (Lipinski definition) is 2. The van der Waals surface area contributed by atoms with Gasteiger partial charge in [0.2, 0.25) is 11.7 Å². The average Bonchev–Trinajstić information content (AvgIpc) is 3.05. The Labute approximate surface area is 154 Å². The summed E-state index contributed by atoms with van der Waals surface area (Å²) in [6, 6.07) is 6.60. The molecular weight excluding hydrogens is 354 g/mol. The molecule has 2 heterocycles. The number of hydrogen-bond acceptors (Lipinski definition) is 5. The summed E-state index contributed by atoms with van der Waals surface area (Å²) >= 11 is 6.12. The van der Waals surface area contributed by atoms with Crippen molar-refractivity contribution in [2.24, 2.45) is 5.92 Å². The minimum atomic E-state index is -0.201. The lowest BCUT2D eigenvalue weighted by Gasteiger charge is -2.21. The summed E-state index contributed by atoms with van der Waals surface area (Å²) in [5.74, 6) is 1.33. The molecule has 1 unspecified atom stereocenters. The van der Waals surface area contributed by atoms with Crippen LogP contribution < -0.4 is 5.56 Å². The Balaban J connectivity index is 1.64. The van der Waals surface area contributed by atoms with Gasteiger partial charge in [0, 0.05) is 10.7 Å². The van der Waals surface area contributed by atoms with Gasteiger partial charge in [-0.2, -0.15) is 4.98 Å². The fourth-order valence-electron chi connectivity index (χ4n) is 3.33. The third kappa shape index (κ3) is 3.24. The van der Waals surface area contributed by atoms with Gasteiger partial charge in [0.05, 0.1) is 12.0 Å². The van der Waals surface area contributed by atoms with Crippen molar-refractivity contribution < 1.29 is 9.63 Å². The number of aromatic nitrogens is 3. The van der Waals surface area contributed by atoms with Crippen molar-refractivity contribution in [1.82, 2.24) is 15.1 Å². The van der Waals surface area contributed by atoms with Crippen molar-refractivity contribution in [2.45, 2.75) is 32.6 Å². The Bertz CT molecular complexity index is 1030. The molecule has 1 aliphatic rings. The van der Waals surface area contributed by atoms with Crippen LogP contribution in [0.15, 0.2) is 33.6 Å². The van der Waals surface area contributed by atoms with E-state index < -0.39 is 0 Å². The van der Waals surface area contributed by atoms with Crippen LogP contribution in [0, 0.1) is 5.92 Å². The fraction of sp³-hybridized carbons (Fsp3) is 0.316. The van der Waals surface area contributed by atoms with Gasteiger partial charge in [0.15, 0.2) is 0 Å². The quantitative estimate of drug-likeness (QED) is 0.735. The molecular formula is C19H18ClN3O3. The van der Waals surface area contributed by atoms with Gasteiger partial charge in [-0.3, -0.25) is 4.79 Å². The molecule has 2 N–H and O–H groups in total. The molecule has 0 amide bonds. The average molecular weight is 372 g/mol. The number of aryl methyl sites for hydroxylation is 1. The van der Waals surface area contributed by atoms with Gasteiger partial charge >= 0.3 is 0 Å². The Kier molecular flexibility index (Phi) is 4.28. The largest absolute Gasteiger partial charge is 0.508 e. The van der Waals surface area contributed by atoms with E-state index in [1.54, 1.807) is 12.1 Å². The first-order chi connectivity index (χ1) is 12.5. The molecule has 4 rings (SSSR count). The molecule has 0 aliphatic heterocycles. The van der Waals surface area contributed by atoms with Crippen LogP contribution in [0.1, 0.15) is 36.1 Å². The van der Waals surface area contributed by atoms with Crippen molar-refractivity contribution in [3.8, 4) is 17.1 Å². The molecule has 0 saturated carbocycles. The zero-order valence-corrected chi connectivity index (χ0v) is 15.0. The van der Waals surface area contributed by atoms with Crippen molar-refractivity contribution >= 4 is 11.6 Å². The smallest absolute Gasteiger partial charge is 0.259 e. The SMILES string of the molecule is CC1CCc2[nH]c(=O)c(-c3noc(Cc4ccc(O)cc4Cl)n3)cc2C1. The van der Waals surface area contributed by atoms with Gasteiger partial charge in [0.1, 0.15) is 5.75 Å². The molecule has 2 aromatic heterocycles. The van der Waals surface area contributed by atoms with Gasteiger partial charge in [0.25, 0.3) is 5.56 Å². The number of H-pyrrole nitrogens is 1. The Hall–Kier alpha value is -2.60. The third-order valence-electron chi connectivity index (χ3n) is 4.76. The summed E-state index contributed by atoms with van der Waals surface area (Å²) in [6.45, 7) is 2.21. The monoisotopic (exact) mass is 371 g/mol. The first-order valence-corrected chi connectivity index (χ1v) is 8.93. The predicted octanol–water partition coefficient (Wildman–Crippen LogP) is 3.50. The second-order valence-electron chi connectivity index (χ2n) is 6.83. The van der Waals surface area contributed by atoms with E-state index in [1.165, 1.54) is 6.07 Å². The second kappa shape index (κ2) is 6.61. The summed E-state index contributed by atoms with van der Waals surface area (Å²) < 4.78 is 5.29. The predicted molar refractivity (Wildman–Crippen MR) is 97.5 cm³/mol. The third-order valence-corrected chi connectivity index (χ3v) is 5.11. The van der Waals surface area contributed by atoms with Crippen LogP contribution in [0.5, 0.6) is 5.75 Å². The van der Waals surface area contributed by atoms with Gasteiger partial charge in [-0.25, -0.2) is 0 Å². The topological polar surface area (TPSA) is 92.0 Å². The van der Waals surface area contributed by atoms with Gasteiger partial charge in [-0.15, -0.1) is 0 Å². The number of fused-ring (bicyclic) bond motifs is 1. The summed E-state index contributed by atoms with van der Waals surface area (Å²) in [5, 5.41) is 13.8. The molecule has 3 aromatic rings. The Morgan fingerprint density at radius 1 is 1.38 bits per heavy atom. The van der Waals surface area contributed by atoms with E-state index in [2.05, 4.69) is 22.0 Å². The van der Waals surface area contributed by atoms with Crippen LogP contribution in [-0.2, 0) is 19.3 Å². The number of nitrogens with zero attached hydrogens (tertiary/aromatic N) is 2. The van der Waals surface area contributed by atoms with Crippen molar-refractivity contribution in [1.29, 1.82) is 0 Å². The van der Waals surface area contributed by atoms with Crippen LogP contribution >= 0.6 is 11.6 Å². The summed E-state index contributed by atoms with van der Waals surface area (Å²) in [5.41, 5.74) is 3.13. The second-order valence-corrected chi connectivity index (χ2v) is 7.24. The lowest BCUT2D eigenvalue weighted by atomic mass is 9.87. The molecule has 7 heteroatoms. The molecule has 0 spiro atoms. The van der Waals surface area contributed by atoms with Crippen LogP contribution in [0.3, 0.4) is 0 Å². The number of benzene rings is 1. The highest BCUT2D eigenvalue weighted by atomic mass is 35.5. The number of rotatable bonds is 3. The fourth-order valence-corrected chi connectivity index (χ4v) is 3.57. The number of phenols is 1. The molecule has 1 atom stereocenters. The van der Waals surface area contributed by atoms with Crippen molar-refractivity contribution in [2.75, 3.05) is 0 Å². The summed E-state index contributed by atoms with van der Waals surface area (Å²) in [7, 11) is 0. The maximum absolute atomic E-state index is 12.4. The summed E-state index contributed by atoms with van der Waals surface area (Å²) in [6.07, 6.45) is 3.24. The lowest BCUT2D eigenvalue weighted by molar-refractivity contribution is 0.385. The first kappa shape index (κ1) is 16.8. The highest BCUT2D eigenvalue weighted by Gasteiger charge is 2.20. The minimum Gasteiger partial charge on any atom is -0.508 e. The maximum atomic E-state index is 12.4. The summed E-state index contributed by atoms with van der Waals surface area (Å²) in [4.78, 5) is 19.7. The van der Waals surface area contributed by atoms with E-state index >= 15 is 0 Å². The molecule has 6 nitrogen and oxygen atoms in total. The van der Waals surface area contributed by atoms with Gasteiger partial charge in [-0.05, 0) is 54.5 Å². The lowest BCUT2D eigenvalue weighted by Crippen LogP contribution is -2.20. The van der Waals surface area contributed by atoms with E-state index in [0.29, 0.717) is 28.8 Å². The van der Waals surface area contributed by atoms with Gasteiger partial charge in [-0.1, -0.05) is 29.7 Å². The minimum absolute atomic E-state index is 0.0970. The number of aromatic hydroxyl groups is 1. The highest BCUT2D eigenvalue weighted by molar-refractivity contribution is 6.31. The standard InChI is InChI=1S/C19H18ClN3O3/c1-10-2-5-16-12(6-10)7-14(19(25)21-16)18-22-17(26-23-18)8-11-3-4-13(24)9-15(11)20/h3-4,7,9-10,24H,2,5-6,8H2,1H3,(H,21,25). The molecule has 0 bridgehead atoms. The van der Waals surface area contributed by atoms with E-state index in [-0.39, 0.29) is 17.1 Å². The highest BCUT2D eigenvalue weighted by Crippen LogP contribution is 2.26. The molecule has 26 heavy (non-hydrogen) atoms. The zero-order valence-electron chi connectivity index (χ0n) is 14.3. The molecule has 0 saturated heterocycles. The number of aromatic amines is 1. The molecule has 134 valence electrons. The number of nitrogens with one attached hydrogen (secondary N) is 1. The normalized spacial score (nSPS) is 16.5. The number of halogens is 1. The molecule has 1 aliphatic carbocycles. The van der Waals surface area contributed by atoms with Crippen LogP contribution in [-0.4, -0.2) is 20.2 Å². The van der Waals surface area contributed by atoms with Crippen molar-refractivity contribution in [3.63, 3.8) is 0 Å². The van der Waals surface area contributed by atoms with E-state index in [4.69, 9.17) is 16.1 Å². The van der Waals surface area contributed by atoms with E-state index in [0.717, 1.165) is 36.1 Å². The Morgan fingerprint density at radius 3 is 3.04 bits per heavy atom. The van der Waals surface area contributed by atoms with Crippen molar-refractivity contribution in [3.05, 3.63) is 62.4 Å². The van der Waals surface area contributed by atoms with Crippen LogP contribution in [0.4, 0.5) is 0 Å². The number of phenolic OH excluding ortho intramolecular Hbond substituents is 1. The molecule has 0 radical (unpaired) electrons. The molecule has 1 aromatic carbocycles. The van der Waals surface area contributed by atoms with Gasteiger partial charge < -0.3 is 14.6 Å². The van der Waals surface area contributed by atoms with E-state index in [1.807, 2.05) is 6.07 Å². The zero-order chi connectivity index (χ0) is 18.3. The van der Waals surface area contributed by atoms with Crippen LogP contribution in [0.2, 0.25) is 5.02 Å². The Morgan fingerprint density at radius 2 is 2.23 bits per heavy atom. The van der Waals surface area contributed by atoms with E-state index in [9.17, 15) is 9.90 Å². The molecule has 0 fully saturated rings. The first-order valence-electron chi connectivity index (χ1n) is 8.55. The maximum Gasteiger partial charge on any atom is 0.259 e.